The molecule has 19 heavy (non-hydrogen) atoms. The molecule has 1 aromatic carbocycles. The van der Waals surface area contributed by atoms with Crippen molar-refractivity contribution in [2.45, 2.75) is 38.6 Å². The minimum atomic E-state index is 0.202. The summed E-state index contributed by atoms with van der Waals surface area (Å²) in [5.41, 5.74) is 1.34. The smallest absolute Gasteiger partial charge is 0.223 e. The highest BCUT2D eigenvalue weighted by Gasteiger charge is 2.23. The van der Waals surface area contributed by atoms with Crippen molar-refractivity contribution in [2.24, 2.45) is 5.92 Å². The van der Waals surface area contributed by atoms with E-state index in [9.17, 15) is 4.79 Å². The maximum absolute atomic E-state index is 12.0. The summed E-state index contributed by atoms with van der Waals surface area (Å²) in [6, 6.07) is 10.9. The Hall–Kier alpha value is -1.35. The quantitative estimate of drug-likeness (QED) is 0.796. The number of hydrogen-bond acceptors (Lipinski definition) is 2. The first-order chi connectivity index (χ1) is 9.25. The first kappa shape index (κ1) is 14.1. The van der Waals surface area contributed by atoms with Crippen molar-refractivity contribution in [1.29, 1.82) is 0 Å². The molecule has 3 heteroatoms. The zero-order valence-corrected chi connectivity index (χ0v) is 11.7. The van der Waals surface area contributed by atoms with Gasteiger partial charge in [0.2, 0.25) is 5.91 Å². The molecule has 1 aliphatic rings. The largest absolute Gasteiger partial charge is 0.356 e. The van der Waals surface area contributed by atoms with Crippen molar-refractivity contribution in [1.82, 2.24) is 10.6 Å². The van der Waals surface area contributed by atoms with E-state index in [1.54, 1.807) is 0 Å². The molecule has 104 valence electrons. The fraction of sp³-hybridized carbons (Fsp3) is 0.562. The Balaban J connectivity index is 1.64. The average molecular weight is 260 g/mol. The fourth-order valence-electron chi connectivity index (χ4n) is 2.66. The zero-order valence-electron chi connectivity index (χ0n) is 11.7. The van der Waals surface area contributed by atoms with Gasteiger partial charge in [0.05, 0.1) is 0 Å². The molecule has 3 nitrogen and oxygen atoms in total. The van der Waals surface area contributed by atoms with Crippen molar-refractivity contribution in [3.05, 3.63) is 35.9 Å². The van der Waals surface area contributed by atoms with Crippen molar-refractivity contribution >= 4 is 5.91 Å². The summed E-state index contributed by atoms with van der Waals surface area (Å²) >= 11 is 0. The SMILES string of the molecule is CC1CC(C(=O)NCCCc2ccccc2)CCN1. The number of amides is 1. The lowest BCUT2D eigenvalue weighted by Gasteiger charge is -2.27. The van der Waals surface area contributed by atoms with Crippen LogP contribution in [0.3, 0.4) is 0 Å². The molecule has 2 N–H and O–H groups in total. The summed E-state index contributed by atoms with van der Waals surface area (Å²) < 4.78 is 0. The van der Waals surface area contributed by atoms with Gasteiger partial charge in [0.25, 0.3) is 0 Å². The van der Waals surface area contributed by atoms with Crippen LogP contribution in [-0.4, -0.2) is 25.0 Å². The summed E-state index contributed by atoms with van der Waals surface area (Å²) in [6.07, 6.45) is 3.97. The maximum Gasteiger partial charge on any atom is 0.223 e. The standard InChI is InChI=1S/C16H24N2O/c1-13-12-15(9-11-17-13)16(19)18-10-5-8-14-6-3-2-4-7-14/h2-4,6-7,13,15,17H,5,8-12H2,1H3,(H,18,19). The van der Waals surface area contributed by atoms with Crippen molar-refractivity contribution in [3.8, 4) is 0 Å². The lowest BCUT2D eigenvalue weighted by Crippen LogP contribution is -2.42. The van der Waals surface area contributed by atoms with Crippen LogP contribution >= 0.6 is 0 Å². The van der Waals surface area contributed by atoms with Crippen LogP contribution in [0.15, 0.2) is 30.3 Å². The van der Waals surface area contributed by atoms with E-state index in [1.165, 1.54) is 5.56 Å². The summed E-state index contributed by atoms with van der Waals surface area (Å²) in [6.45, 7) is 3.89. The molecular formula is C16H24N2O. The molecule has 0 bridgehead atoms. The van der Waals surface area contributed by atoms with E-state index in [-0.39, 0.29) is 11.8 Å². The molecule has 0 spiro atoms. The highest BCUT2D eigenvalue weighted by atomic mass is 16.1. The second-order valence-corrected chi connectivity index (χ2v) is 5.46. The fourth-order valence-corrected chi connectivity index (χ4v) is 2.66. The van der Waals surface area contributed by atoms with E-state index in [2.05, 4.69) is 41.8 Å². The lowest BCUT2D eigenvalue weighted by molar-refractivity contribution is -0.126. The number of carbonyl (C=O) groups is 1. The molecule has 1 heterocycles. The number of aryl methyl sites for hydroxylation is 1. The Bertz CT molecular complexity index is 391. The molecule has 2 rings (SSSR count). The highest BCUT2D eigenvalue weighted by Crippen LogP contribution is 2.15. The molecule has 0 radical (unpaired) electrons. The molecule has 0 aliphatic carbocycles. The van der Waals surface area contributed by atoms with Crippen molar-refractivity contribution < 1.29 is 4.79 Å². The molecule has 1 amide bonds. The van der Waals surface area contributed by atoms with Gasteiger partial charge in [0.1, 0.15) is 0 Å². The number of carbonyl (C=O) groups excluding carboxylic acids is 1. The summed E-state index contributed by atoms with van der Waals surface area (Å²) in [4.78, 5) is 12.0. The first-order valence-electron chi connectivity index (χ1n) is 7.30. The first-order valence-corrected chi connectivity index (χ1v) is 7.30. The molecule has 1 aromatic rings. The minimum Gasteiger partial charge on any atom is -0.356 e. The van der Waals surface area contributed by atoms with Crippen LogP contribution in [0.5, 0.6) is 0 Å². The minimum absolute atomic E-state index is 0.202. The van der Waals surface area contributed by atoms with Crippen molar-refractivity contribution in [3.63, 3.8) is 0 Å². The van der Waals surface area contributed by atoms with Gasteiger partial charge in [-0.1, -0.05) is 30.3 Å². The van der Waals surface area contributed by atoms with Crippen LogP contribution < -0.4 is 10.6 Å². The van der Waals surface area contributed by atoms with Gasteiger partial charge in [0, 0.05) is 18.5 Å². The maximum atomic E-state index is 12.0. The van der Waals surface area contributed by atoms with E-state index in [0.29, 0.717) is 6.04 Å². The molecule has 0 saturated carbocycles. The average Bonchev–Trinajstić information content (AvgIpc) is 2.44. The molecule has 1 fully saturated rings. The Morgan fingerprint density at radius 1 is 1.37 bits per heavy atom. The summed E-state index contributed by atoms with van der Waals surface area (Å²) in [5.74, 6) is 0.439. The summed E-state index contributed by atoms with van der Waals surface area (Å²) in [5, 5.41) is 6.45. The number of benzene rings is 1. The van der Waals surface area contributed by atoms with Gasteiger partial charge >= 0.3 is 0 Å². The molecule has 2 unspecified atom stereocenters. The molecule has 1 saturated heterocycles. The van der Waals surface area contributed by atoms with E-state index < -0.39 is 0 Å². The number of hydrogen-bond donors (Lipinski definition) is 2. The normalized spacial score (nSPS) is 23.0. The van der Waals surface area contributed by atoms with E-state index in [1.807, 2.05) is 6.07 Å². The third-order valence-electron chi connectivity index (χ3n) is 3.78. The third-order valence-corrected chi connectivity index (χ3v) is 3.78. The van der Waals surface area contributed by atoms with Gasteiger partial charge in [-0.25, -0.2) is 0 Å². The van der Waals surface area contributed by atoms with Crippen LogP contribution in [0.2, 0.25) is 0 Å². The van der Waals surface area contributed by atoms with Crippen molar-refractivity contribution in [2.75, 3.05) is 13.1 Å². The Morgan fingerprint density at radius 3 is 2.89 bits per heavy atom. The molecular weight excluding hydrogens is 236 g/mol. The topological polar surface area (TPSA) is 41.1 Å². The second kappa shape index (κ2) is 7.29. The Kier molecular flexibility index (Phi) is 5.40. The predicted octanol–water partition coefficient (Wildman–Crippen LogP) is 2.12. The van der Waals surface area contributed by atoms with Crippen LogP contribution in [0, 0.1) is 5.92 Å². The van der Waals surface area contributed by atoms with Gasteiger partial charge in [-0.2, -0.15) is 0 Å². The van der Waals surface area contributed by atoms with Crippen LogP contribution in [0.1, 0.15) is 31.7 Å². The van der Waals surface area contributed by atoms with Crippen LogP contribution in [-0.2, 0) is 11.2 Å². The Labute approximate surface area is 115 Å². The zero-order chi connectivity index (χ0) is 13.5. The van der Waals surface area contributed by atoms with E-state index in [0.717, 1.165) is 38.8 Å². The molecule has 0 aromatic heterocycles. The van der Waals surface area contributed by atoms with Gasteiger partial charge in [0.15, 0.2) is 0 Å². The predicted molar refractivity (Wildman–Crippen MR) is 78.0 cm³/mol. The number of nitrogens with one attached hydrogen (secondary N) is 2. The number of rotatable bonds is 5. The van der Waals surface area contributed by atoms with Crippen LogP contribution in [0.25, 0.3) is 0 Å². The second-order valence-electron chi connectivity index (χ2n) is 5.46. The molecule has 1 aliphatic heterocycles. The van der Waals surface area contributed by atoms with Gasteiger partial charge in [-0.15, -0.1) is 0 Å². The van der Waals surface area contributed by atoms with Gasteiger partial charge in [-0.05, 0) is 44.7 Å². The van der Waals surface area contributed by atoms with Gasteiger partial charge in [-0.3, -0.25) is 4.79 Å². The molecule has 2 atom stereocenters. The number of piperidine rings is 1. The lowest BCUT2D eigenvalue weighted by atomic mass is 9.92. The van der Waals surface area contributed by atoms with E-state index >= 15 is 0 Å². The van der Waals surface area contributed by atoms with Crippen LogP contribution in [0.4, 0.5) is 0 Å². The van der Waals surface area contributed by atoms with E-state index in [4.69, 9.17) is 0 Å². The summed E-state index contributed by atoms with van der Waals surface area (Å²) in [7, 11) is 0. The highest BCUT2D eigenvalue weighted by molar-refractivity contribution is 5.78. The van der Waals surface area contributed by atoms with Gasteiger partial charge < -0.3 is 10.6 Å². The monoisotopic (exact) mass is 260 g/mol. The third kappa shape index (κ3) is 4.67. The Morgan fingerprint density at radius 2 is 2.16 bits per heavy atom.